The molecule has 1 aromatic heterocycles. The summed E-state index contributed by atoms with van der Waals surface area (Å²) in [5.41, 5.74) is 0.787. The second-order valence-electron chi connectivity index (χ2n) is 4.32. The van der Waals surface area contributed by atoms with E-state index in [0.29, 0.717) is 18.4 Å². The van der Waals surface area contributed by atoms with Crippen LogP contribution in [0.15, 0.2) is 6.20 Å². The fourth-order valence-electron chi connectivity index (χ4n) is 1.88. The quantitative estimate of drug-likeness (QED) is 0.662. The molecule has 0 fully saturated rings. The average Bonchev–Trinajstić information content (AvgIpc) is 2.49. The molecular formula is C14H25N3O3. The summed E-state index contributed by atoms with van der Waals surface area (Å²) in [6.07, 6.45) is 3.46. The monoisotopic (exact) mass is 283 g/mol. The van der Waals surface area contributed by atoms with Gasteiger partial charge in [-0.15, -0.1) is 0 Å². The summed E-state index contributed by atoms with van der Waals surface area (Å²) < 4.78 is 15.9. The molecule has 0 aliphatic heterocycles. The molecule has 6 nitrogen and oxygen atoms in total. The van der Waals surface area contributed by atoms with Gasteiger partial charge in [0.25, 0.3) is 0 Å². The van der Waals surface area contributed by atoms with Gasteiger partial charge in [-0.2, -0.15) is 4.98 Å². The van der Waals surface area contributed by atoms with E-state index in [1.807, 2.05) is 0 Å². The number of methoxy groups -OCH3 is 2. The summed E-state index contributed by atoms with van der Waals surface area (Å²) in [6, 6.07) is 0.0604. The largest absolute Gasteiger partial charge is 0.480 e. The van der Waals surface area contributed by atoms with Crippen molar-refractivity contribution in [2.24, 2.45) is 0 Å². The van der Waals surface area contributed by atoms with Crippen LogP contribution < -0.4 is 14.8 Å². The van der Waals surface area contributed by atoms with Crippen LogP contribution in [0.25, 0.3) is 0 Å². The van der Waals surface area contributed by atoms with Crippen LogP contribution in [0.3, 0.4) is 0 Å². The lowest BCUT2D eigenvalue weighted by atomic mass is 10.1. The van der Waals surface area contributed by atoms with Crippen molar-refractivity contribution in [2.75, 3.05) is 34.0 Å². The van der Waals surface area contributed by atoms with E-state index in [0.717, 1.165) is 31.7 Å². The summed E-state index contributed by atoms with van der Waals surface area (Å²) >= 11 is 0. The lowest BCUT2D eigenvalue weighted by Crippen LogP contribution is -2.24. The Morgan fingerprint density at radius 3 is 2.60 bits per heavy atom. The number of hydrogen-bond acceptors (Lipinski definition) is 6. The van der Waals surface area contributed by atoms with Gasteiger partial charge in [0.1, 0.15) is 5.69 Å². The molecule has 0 amide bonds. The maximum absolute atomic E-state index is 5.55. The number of aromatic nitrogens is 2. The van der Waals surface area contributed by atoms with E-state index in [1.165, 1.54) is 0 Å². The molecule has 0 aromatic carbocycles. The van der Waals surface area contributed by atoms with Gasteiger partial charge in [-0.1, -0.05) is 13.8 Å². The summed E-state index contributed by atoms with van der Waals surface area (Å²) in [5.74, 6) is 0.939. The van der Waals surface area contributed by atoms with Crippen molar-refractivity contribution in [1.29, 1.82) is 0 Å². The van der Waals surface area contributed by atoms with E-state index in [9.17, 15) is 0 Å². The van der Waals surface area contributed by atoms with Gasteiger partial charge in [0.05, 0.1) is 26.5 Å². The maximum atomic E-state index is 5.55. The van der Waals surface area contributed by atoms with E-state index in [2.05, 4.69) is 29.1 Å². The van der Waals surface area contributed by atoms with E-state index < -0.39 is 0 Å². The van der Waals surface area contributed by atoms with Crippen LogP contribution in [0.2, 0.25) is 0 Å². The number of nitrogens with one attached hydrogen (secondary N) is 1. The van der Waals surface area contributed by atoms with Gasteiger partial charge in [0, 0.05) is 13.2 Å². The fourth-order valence-corrected chi connectivity index (χ4v) is 1.88. The minimum absolute atomic E-state index is 0.0604. The van der Waals surface area contributed by atoms with Gasteiger partial charge in [-0.05, 0) is 19.4 Å². The third kappa shape index (κ3) is 4.94. The van der Waals surface area contributed by atoms with E-state index in [1.54, 1.807) is 20.4 Å². The van der Waals surface area contributed by atoms with Gasteiger partial charge < -0.3 is 19.5 Å². The fraction of sp³-hybridized carbons (Fsp3) is 0.714. The Bertz CT molecular complexity index is 388. The third-order valence-electron chi connectivity index (χ3n) is 2.83. The zero-order valence-electron chi connectivity index (χ0n) is 12.8. The topological polar surface area (TPSA) is 65.5 Å². The molecule has 0 aliphatic rings. The molecule has 1 N–H and O–H groups in total. The minimum atomic E-state index is 0.0604. The Hall–Kier alpha value is -1.40. The molecular weight excluding hydrogens is 258 g/mol. The number of ether oxygens (including phenoxy) is 3. The van der Waals surface area contributed by atoms with Crippen LogP contribution >= 0.6 is 0 Å². The van der Waals surface area contributed by atoms with Gasteiger partial charge in [0.15, 0.2) is 0 Å². The predicted octanol–water partition coefficient (Wildman–Crippen LogP) is 1.96. The first-order valence-electron chi connectivity index (χ1n) is 7.02. The average molecular weight is 283 g/mol. The Morgan fingerprint density at radius 1 is 1.20 bits per heavy atom. The summed E-state index contributed by atoms with van der Waals surface area (Å²) in [5, 5.41) is 3.38. The molecule has 0 spiro atoms. The van der Waals surface area contributed by atoms with E-state index in [-0.39, 0.29) is 6.04 Å². The first-order chi connectivity index (χ1) is 9.76. The van der Waals surface area contributed by atoms with Crippen LogP contribution in [0.5, 0.6) is 11.8 Å². The van der Waals surface area contributed by atoms with Crippen molar-refractivity contribution in [3.8, 4) is 11.8 Å². The molecule has 0 radical (unpaired) electrons. The van der Waals surface area contributed by atoms with Gasteiger partial charge in [0.2, 0.25) is 11.8 Å². The minimum Gasteiger partial charge on any atom is -0.480 e. The molecule has 0 aliphatic carbocycles. The Balaban J connectivity index is 2.78. The number of nitrogens with zero attached hydrogens (tertiary/aromatic N) is 2. The van der Waals surface area contributed by atoms with Crippen molar-refractivity contribution in [2.45, 2.75) is 32.7 Å². The zero-order chi connectivity index (χ0) is 14.8. The normalized spacial score (nSPS) is 12.2. The predicted molar refractivity (Wildman–Crippen MR) is 77.3 cm³/mol. The highest BCUT2D eigenvalue weighted by Crippen LogP contribution is 2.25. The highest BCUT2D eigenvalue weighted by atomic mass is 16.5. The van der Waals surface area contributed by atoms with Crippen LogP contribution in [0.1, 0.15) is 38.4 Å². The molecule has 1 aromatic rings. The van der Waals surface area contributed by atoms with Crippen LogP contribution in [-0.2, 0) is 4.74 Å². The zero-order valence-corrected chi connectivity index (χ0v) is 12.8. The van der Waals surface area contributed by atoms with Crippen LogP contribution in [0, 0.1) is 0 Å². The maximum Gasteiger partial charge on any atom is 0.240 e. The lowest BCUT2D eigenvalue weighted by Gasteiger charge is -2.19. The van der Waals surface area contributed by atoms with Crippen molar-refractivity contribution in [3.63, 3.8) is 0 Å². The van der Waals surface area contributed by atoms with Crippen molar-refractivity contribution in [1.82, 2.24) is 15.3 Å². The molecule has 1 heterocycles. The second kappa shape index (κ2) is 9.50. The first kappa shape index (κ1) is 16.7. The molecule has 1 atom stereocenters. The molecule has 0 saturated heterocycles. The summed E-state index contributed by atoms with van der Waals surface area (Å²) in [4.78, 5) is 8.68. The molecule has 114 valence electrons. The third-order valence-corrected chi connectivity index (χ3v) is 2.83. The second-order valence-corrected chi connectivity index (χ2v) is 4.32. The van der Waals surface area contributed by atoms with Crippen LogP contribution in [-0.4, -0.2) is 43.9 Å². The van der Waals surface area contributed by atoms with Crippen molar-refractivity contribution >= 4 is 0 Å². The molecule has 0 bridgehead atoms. The number of hydrogen-bond donors (Lipinski definition) is 1. The van der Waals surface area contributed by atoms with Gasteiger partial charge >= 0.3 is 0 Å². The molecule has 1 unspecified atom stereocenters. The standard InChI is InChI=1S/C14H25N3O3/c1-5-8-20-9-7-11(15-6-2)13-14(19-4)17-12(18-3)10-16-13/h10-11,15H,5-9H2,1-4H3. The highest BCUT2D eigenvalue weighted by Gasteiger charge is 2.19. The molecule has 0 saturated carbocycles. The van der Waals surface area contributed by atoms with Gasteiger partial charge in [-0.25, -0.2) is 4.98 Å². The Morgan fingerprint density at radius 2 is 2.00 bits per heavy atom. The van der Waals surface area contributed by atoms with E-state index in [4.69, 9.17) is 14.2 Å². The Kier molecular flexibility index (Phi) is 7.91. The molecule has 1 rings (SSSR count). The van der Waals surface area contributed by atoms with Gasteiger partial charge in [-0.3, -0.25) is 0 Å². The number of rotatable bonds is 10. The van der Waals surface area contributed by atoms with E-state index >= 15 is 0 Å². The van der Waals surface area contributed by atoms with Crippen LogP contribution in [0.4, 0.5) is 0 Å². The van der Waals surface area contributed by atoms with Crippen molar-refractivity contribution in [3.05, 3.63) is 11.9 Å². The summed E-state index contributed by atoms with van der Waals surface area (Å²) in [7, 11) is 3.15. The molecule has 20 heavy (non-hydrogen) atoms. The Labute approximate surface area is 120 Å². The smallest absolute Gasteiger partial charge is 0.240 e. The molecule has 6 heteroatoms. The van der Waals surface area contributed by atoms with Crippen molar-refractivity contribution < 1.29 is 14.2 Å². The lowest BCUT2D eigenvalue weighted by molar-refractivity contribution is 0.124. The highest BCUT2D eigenvalue weighted by molar-refractivity contribution is 5.25. The SMILES string of the molecule is CCCOCCC(NCC)c1ncc(OC)nc1OC. The summed E-state index contributed by atoms with van der Waals surface area (Å²) in [6.45, 7) is 6.46. The first-order valence-corrected chi connectivity index (χ1v) is 7.02.